The van der Waals surface area contributed by atoms with Crippen LogP contribution in [-0.4, -0.2) is 29.4 Å². The number of nitrogens with two attached hydrogens (primary N) is 1. The van der Waals surface area contributed by atoms with Gasteiger partial charge in [0.2, 0.25) is 0 Å². The first kappa shape index (κ1) is 8.37. The Morgan fingerprint density at radius 1 is 1.80 bits per heavy atom. The molecular weight excluding hydrogens is 144 g/mol. The number of likely N-dealkylation sites (tertiary alicyclic amines) is 1. The maximum Gasteiger partial charge on any atom is 0.0502 e. The Morgan fingerprint density at radius 3 is 2.90 bits per heavy atom. The van der Waals surface area contributed by atoms with E-state index in [9.17, 15) is 0 Å². The molecule has 0 radical (unpaired) electrons. The Bertz CT molecular complexity index is 106. The van der Waals surface area contributed by atoms with Crippen molar-refractivity contribution in [1.29, 1.82) is 0 Å². The van der Waals surface area contributed by atoms with Gasteiger partial charge in [-0.15, -0.1) is 0 Å². The standard InChI is InChI=1S/C7H16N2S/c1-6(10)9-4-2-3-7(9)5-8/h6-7,10H,2-5,8H2,1H3/t6?,7-/m0/s1. The van der Waals surface area contributed by atoms with E-state index in [1.165, 1.54) is 19.4 Å². The fraction of sp³-hybridized carbons (Fsp3) is 1.00. The van der Waals surface area contributed by atoms with Crippen LogP contribution in [0.3, 0.4) is 0 Å². The van der Waals surface area contributed by atoms with Gasteiger partial charge < -0.3 is 5.73 Å². The van der Waals surface area contributed by atoms with Crippen molar-refractivity contribution in [3.05, 3.63) is 0 Å². The second-order valence-corrected chi connectivity index (χ2v) is 3.65. The lowest BCUT2D eigenvalue weighted by molar-refractivity contribution is 0.253. The monoisotopic (exact) mass is 160 g/mol. The maximum absolute atomic E-state index is 5.59. The van der Waals surface area contributed by atoms with Crippen LogP contribution in [0.5, 0.6) is 0 Å². The van der Waals surface area contributed by atoms with E-state index in [0.29, 0.717) is 11.4 Å². The summed E-state index contributed by atoms with van der Waals surface area (Å²) in [6, 6.07) is 0.590. The van der Waals surface area contributed by atoms with E-state index >= 15 is 0 Å². The summed E-state index contributed by atoms with van der Waals surface area (Å²) in [5, 5.41) is 0.371. The molecule has 1 aliphatic rings. The van der Waals surface area contributed by atoms with Gasteiger partial charge >= 0.3 is 0 Å². The average molecular weight is 160 g/mol. The van der Waals surface area contributed by atoms with E-state index in [-0.39, 0.29) is 0 Å². The Balaban J connectivity index is 2.42. The molecule has 0 bridgehead atoms. The zero-order valence-corrected chi connectivity index (χ0v) is 7.35. The summed E-state index contributed by atoms with van der Waals surface area (Å²) in [5.74, 6) is 0. The third-order valence-electron chi connectivity index (χ3n) is 2.17. The van der Waals surface area contributed by atoms with Crippen LogP contribution >= 0.6 is 12.6 Å². The molecule has 2 N–H and O–H groups in total. The molecule has 10 heavy (non-hydrogen) atoms. The third-order valence-corrected chi connectivity index (χ3v) is 2.47. The van der Waals surface area contributed by atoms with Crippen molar-refractivity contribution in [2.45, 2.75) is 31.2 Å². The van der Waals surface area contributed by atoms with Crippen molar-refractivity contribution in [2.24, 2.45) is 5.73 Å². The summed E-state index contributed by atoms with van der Waals surface area (Å²) < 4.78 is 0. The maximum atomic E-state index is 5.59. The first-order valence-electron chi connectivity index (χ1n) is 3.89. The van der Waals surface area contributed by atoms with Gasteiger partial charge in [0, 0.05) is 12.6 Å². The molecule has 2 nitrogen and oxygen atoms in total. The topological polar surface area (TPSA) is 29.3 Å². The molecular formula is C7H16N2S. The van der Waals surface area contributed by atoms with Crippen LogP contribution in [0.1, 0.15) is 19.8 Å². The molecule has 0 aromatic carbocycles. The Labute approximate surface area is 68.2 Å². The number of nitrogens with zero attached hydrogens (tertiary/aromatic N) is 1. The lowest BCUT2D eigenvalue weighted by atomic mass is 10.2. The number of thiol groups is 1. The van der Waals surface area contributed by atoms with Gasteiger partial charge in [-0.1, -0.05) is 0 Å². The van der Waals surface area contributed by atoms with Crippen molar-refractivity contribution in [3.63, 3.8) is 0 Å². The summed E-state index contributed by atoms with van der Waals surface area (Å²) in [7, 11) is 0. The largest absolute Gasteiger partial charge is 0.329 e. The lowest BCUT2D eigenvalue weighted by Gasteiger charge is -2.26. The molecule has 1 aliphatic heterocycles. The molecule has 1 unspecified atom stereocenters. The van der Waals surface area contributed by atoms with Crippen LogP contribution < -0.4 is 5.73 Å². The van der Waals surface area contributed by atoms with Crippen LogP contribution in [0, 0.1) is 0 Å². The summed E-state index contributed by atoms with van der Waals surface area (Å²) in [6.07, 6.45) is 2.54. The van der Waals surface area contributed by atoms with E-state index in [1.807, 2.05) is 0 Å². The van der Waals surface area contributed by atoms with Crippen molar-refractivity contribution < 1.29 is 0 Å². The van der Waals surface area contributed by atoms with Gasteiger partial charge in [0.05, 0.1) is 5.37 Å². The molecule has 1 saturated heterocycles. The van der Waals surface area contributed by atoms with Crippen molar-refractivity contribution in [3.8, 4) is 0 Å². The lowest BCUT2D eigenvalue weighted by Crippen LogP contribution is -2.38. The fourth-order valence-corrected chi connectivity index (χ4v) is 1.91. The molecule has 2 atom stereocenters. The molecule has 3 heteroatoms. The second kappa shape index (κ2) is 3.60. The van der Waals surface area contributed by atoms with Crippen molar-refractivity contribution in [1.82, 2.24) is 4.90 Å². The smallest absolute Gasteiger partial charge is 0.0502 e. The minimum atomic E-state index is 0.371. The van der Waals surface area contributed by atoms with Crippen LogP contribution in [0.25, 0.3) is 0 Å². The second-order valence-electron chi connectivity index (χ2n) is 2.90. The van der Waals surface area contributed by atoms with Crippen LogP contribution in [-0.2, 0) is 0 Å². The molecule has 0 aromatic heterocycles. The van der Waals surface area contributed by atoms with Gasteiger partial charge in [-0.25, -0.2) is 0 Å². The van der Waals surface area contributed by atoms with E-state index in [0.717, 1.165) is 6.54 Å². The zero-order chi connectivity index (χ0) is 7.56. The number of hydrogen-bond donors (Lipinski definition) is 2. The first-order chi connectivity index (χ1) is 4.75. The molecule has 1 fully saturated rings. The van der Waals surface area contributed by atoms with Crippen molar-refractivity contribution >= 4 is 12.6 Å². The van der Waals surface area contributed by atoms with Crippen LogP contribution in [0.4, 0.5) is 0 Å². The fourth-order valence-electron chi connectivity index (χ4n) is 1.60. The Kier molecular flexibility index (Phi) is 3.01. The molecule has 0 aromatic rings. The Hall–Kier alpha value is 0.270. The third kappa shape index (κ3) is 1.65. The van der Waals surface area contributed by atoms with E-state index in [4.69, 9.17) is 5.73 Å². The SMILES string of the molecule is CC(S)N1CCC[C@H]1CN. The minimum Gasteiger partial charge on any atom is -0.329 e. The van der Waals surface area contributed by atoms with Crippen molar-refractivity contribution in [2.75, 3.05) is 13.1 Å². The Morgan fingerprint density at radius 2 is 2.50 bits per heavy atom. The van der Waals surface area contributed by atoms with E-state index in [1.54, 1.807) is 0 Å². The number of hydrogen-bond acceptors (Lipinski definition) is 3. The minimum absolute atomic E-state index is 0.371. The highest BCUT2D eigenvalue weighted by Gasteiger charge is 2.24. The molecule has 0 saturated carbocycles. The van der Waals surface area contributed by atoms with Crippen LogP contribution in [0.2, 0.25) is 0 Å². The highest BCUT2D eigenvalue weighted by molar-refractivity contribution is 7.80. The summed E-state index contributed by atoms with van der Waals surface area (Å²) in [4.78, 5) is 2.36. The van der Waals surface area contributed by atoms with Gasteiger partial charge in [0.15, 0.2) is 0 Å². The summed E-state index contributed by atoms with van der Waals surface area (Å²) in [6.45, 7) is 4.06. The quantitative estimate of drug-likeness (QED) is 0.582. The highest BCUT2D eigenvalue weighted by atomic mass is 32.1. The molecule has 0 aliphatic carbocycles. The molecule has 60 valence electrons. The molecule has 0 spiro atoms. The normalized spacial score (nSPS) is 30.9. The van der Waals surface area contributed by atoms with Crippen LogP contribution in [0.15, 0.2) is 0 Å². The summed E-state index contributed by atoms with van der Waals surface area (Å²) >= 11 is 4.38. The zero-order valence-electron chi connectivity index (χ0n) is 6.45. The van der Waals surface area contributed by atoms with E-state index in [2.05, 4.69) is 24.5 Å². The van der Waals surface area contributed by atoms with Gasteiger partial charge in [-0.2, -0.15) is 12.6 Å². The molecule has 1 rings (SSSR count). The first-order valence-corrected chi connectivity index (χ1v) is 4.41. The molecule has 1 heterocycles. The van der Waals surface area contributed by atoms with E-state index < -0.39 is 0 Å². The predicted molar refractivity (Wildman–Crippen MR) is 47.2 cm³/mol. The van der Waals surface area contributed by atoms with Gasteiger partial charge in [0.25, 0.3) is 0 Å². The predicted octanol–water partition coefficient (Wildman–Crippen LogP) is 0.685. The average Bonchev–Trinajstić information content (AvgIpc) is 2.33. The van der Waals surface area contributed by atoms with Gasteiger partial charge in [0.1, 0.15) is 0 Å². The van der Waals surface area contributed by atoms with Gasteiger partial charge in [-0.3, -0.25) is 4.90 Å². The highest BCUT2D eigenvalue weighted by Crippen LogP contribution is 2.20. The summed E-state index contributed by atoms with van der Waals surface area (Å²) in [5.41, 5.74) is 5.59. The van der Waals surface area contributed by atoms with Gasteiger partial charge in [-0.05, 0) is 26.3 Å². The number of rotatable bonds is 2. The molecule has 0 amide bonds.